The van der Waals surface area contributed by atoms with Crippen molar-refractivity contribution < 1.29 is 9.90 Å². The minimum atomic E-state index is 0.112. The van der Waals surface area contributed by atoms with Crippen LogP contribution in [0.1, 0.15) is 39.0 Å². The number of allylic oxidation sites excluding steroid dienone is 1. The number of carbonyl (C=O) groups excluding carboxylic acids is 1. The number of hydrogen-bond acceptors (Lipinski definition) is 2. The number of benzene rings is 1. The largest absolute Gasteiger partial charge is 0.508 e. The first-order chi connectivity index (χ1) is 9.20. The van der Waals surface area contributed by atoms with Crippen LogP contribution in [0.15, 0.2) is 35.9 Å². The normalized spacial score (nSPS) is 14.9. The van der Waals surface area contributed by atoms with Crippen molar-refractivity contribution in [3.8, 4) is 5.75 Å². The second-order valence-corrected chi connectivity index (χ2v) is 4.94. The maximum absolute atomic E-state index is 12.4. The molecule has 1 aliphatic rings. The molecule has 0 atom stereocenters. The van der Waals surface area contributed by atoms with E-state index < -0.39 is 0 Å². The van der Waals surface area contributed by atoms with E-state index in [1.807, 2.05) is 13.0 Å². The number of carbonyl (C=O) groups is 1. The van der Waals surface area contributed by atoms with Gasteiger partial charge in [0.05, 0.1) is 0 Å². The number of aromatic hydroxyl groups is 1. The fourth-order valence-corrected chi connectivity index (χ4v) is 2.52. The molecular formula is C16H21NO2. The second kappa shape index (κ2) is 6.41. The van der Waals surface area contributed by atoms with Gasteiger partial charge in [-0.2, -0.15) is 0 Å². The zero-order chi connectivity index (χ0) is 13.7. The summed E-state index contributed by atoms with van der Waals surface area (Å²) in [6.07, 6.45) is 7.28. The summed E-state index contributed by atoms with van der Waals surface area (Å²) in [7, 11) is 0. The number of nitrogens with zero attached hydrogens (tertiary/aromatic N) is 1. The number of rotatable bonds is 4. The van der Waals surface area contributed by atoms with Gasteiger partial charge in [-0.25, -0.2) is 0 Å². The average molecular weight is 259 g/mol. The molecule has 102 valence electrons. The molecule has 2 rings (SSSR count). The lowest BCUT2D eigenvalue weighted by atomic mass is 9.97. The summed E-state index contributed by atoms with van der Waals surface area (Å²) in [6, 6.07) is 6.87. The van der Waals surface area contributed by atoms with Gasteiger partial charge in [-0.3, -0.25) is 4.79 Å². The summed E-state index contributed by atoms with van der Waals surface area (Å²) in [5.74, 6) is 0.307. The van der Waals surface area contributed by atoms with Crippen LogP contribution in [0.5, 0.6) is 5.75 Å². The molecule has 1 aliphatic carbocycles. The van der Waals surface area contributed by atoms with E-state index in [9.17, 15) is 9.90 Å². The van der Waals surface area contributed by atoms with Crippen LogP contribution < -0.4 is 4.90 Å². The molecule has 1 aromatic rings. The Balaban J connectivity index is 2.08. The predicted molar refractivity (Wildman–Crippen MR) is 77.3 cm³/mol. The van der Waals surface area contributed by atoms with Crippen LogP contribution in [0.25, 0.3) is 0 Å². The zero-order valence-electron chi connectivity index (χ0n) is 11.4. The molecule has 1 amide bonds. The van der Waals surface area contributed by atoms with Gasteiger partial charge in [-0.15, -0.1) is 0 Å². The highest BCUT2D eigenvalue weighted by Crippen LogP contribution is 2.24. The topological polar surface area (TPSA) is 40.5 Å². The summed E-state index contributed by atoms with van der Waals surface area (Å²) in [4.78, 5) is 14.1. The highest BCUT2D eigenvalue weighted by atomic mass is 16.3. The summed E-state index contributed by atoms with van der Waals surface area (Å²) >= 11 is 0. The van der Waals surface area contributed by atoms with Crippen LogP contribution in [-0.2, 0) is 4.79 Å². The third kappa shape index (κ3) is 3.60. The first-order valence-electron chi connectivity index (χ1n) is 6.98. The molecule has 0 saturated heterocycles. The van der Waals surface area contributed by atoms with Crippen LogP contribution in [0.4, 0.5) is 5.69 Å². The number of phenolic OH excluding ortho intramolecular Hbond substituents is 1. The van der Waals surface area contributed by atoms with Crippen molar-refractivity contribution in [3.05, 3.63) is 35.9 Å². The van der Waals surface area contributed by atoms with E-state index in [1.165, 1.54) is 18.4 Å². The minimum Gasteiger partial charge on any atom is -0.508 e. The van der Waals surface area contributed by atoms with Crippen LogP contribution >= 0.6 is 0 Å². The van der Waals surface area contributed by atoms with Gasteiger partial charge in [0.1, 0.15) is 5.75 Å². The third-order valence-electron chi connectivity index (χ3n) is 3.52. The molecule has 0 bridgehead atoms. The van der Waals surface area contributed by atoms with Gasteiger partial charge in [0.2, 0.25) is 5.91 Å². The molecule has 0 saturated carbocycles. The lowest BCUT2D eigenvalue weighted by Gasteiger charge is -2.22. The van der Waals surface area contributed by atoms with E-state index in [0.717, 1.165) is 18.5 Å². The average Bonchev–Trinajstić information content (AvgIpc) is 2.41. The minimum absolute atomic E-state index is 0.112. The van der Waals surface area contributed by atoms with Gasteiger partial charge in [-0.1, -0.05) is 17.7 Å². The lowest BCUT2D eigenvalue weighted by molar-refractivity contribution is -0.118. The van der Waals surface area contributed by atoms with Gasteiger partial charge in [0.15, 0.2) is 0 Å². The van der Waals surface area contributed by atoms with E-state index >= 15 is 0 Å². The predicted octanol–water partition coefficient (Wildman–Crippen LogP) is 3.64. The SMILES string of the molecule is CCN(C(=O)CC1=CCCCC1)c1cccc(O)c1. The maximum Gasteiger partial charge on any atom is 0.231 e. The zero-order valence-corrected chi connectivity index (χ0v) is 11.4. The Kier molecular flexibility index (Phi) is 4.61. The Morgan fingerprint density at radius 1 is 1.37 bits per heavy atom. The Bertz CT molecular complexity index is 479. The van der Waals surface area contributed by atoms with Crippen molar-refractivity contribution in [1.29, 1.82) is 0 Å². The molecular weight excluding hydrogens is 238 g/mol. The standard InChI is InChI=1S/C16H21NO2/c1-2-17(14-9-6-10-15(18)12-14)16(19)11-13-7-4-3-5-8-13/h6-7,9-10,12,18H,2-5,8,11H2,1H3. The molecule has 0 spiro atoms. The van der Waals surface area contributed by atoms with Crippen molar-refractivity contribution in [1.82, 2.24) is 0 Å². The summed E-state index contributed by atoms with van der Waals surface area (Å²) in [5.41, 5.74) is 2.03. The number of anilines is 1. The molecule has 1 aromatic carbocycles. The Labute approximate surface area is 114 Å². The highest BCUT2D eigenvalue weighted by Gasteiger charge is 2.16. The molecule has 0 heterocycles. The monoisotopic (exact) mass is 259 g/mol. The summed E-state index contributed by atoms with van der Waals surface area (Å²) < 4.78 is 0. The van der Waals surface area contributed by atoms with Crippen LogP contribution in [0.3, 0.4) is 0 Å². The summed E-state index contributed by atoms with van der Waals surface area (Å²) in [6.45, 7) is 2.58. The van der Waals surface area contributed by atoms with Gasteiger partial charge in [0, 0.05) is 24.7 Å². The molecule has 0 aromatic heterocycles. The van der Waals surface area contributed by atoms with E-state index in [-0.39, 0.29) is 11.7 Å². The van der Waals surface area contributed by atoms with Crippen molar-refractivity contribution in [3.63, 3.8) is 0 Å². The van der Waals surface area contributed by atoms with Crippen LogP contribution in [0.2, 0.25) is 0 Å². The third-order valence-corrected chi connectivity index (χ3v) is 3.52. The van der Waals surface area contributed by atoms with Crippen LogP contribution in [0, 0.1) is 0 Å². The number of phenols is 1. The van der Waals surface area contributed by atoms with Gasteiger partial charge in [0.25, 0.3) is 0 Å². The van der Waals surface area contributed by atoms with Crippen molar-refractivity contribution in [2.45, 2.75) is 39.0 Å². The maximum atomic E-state index is 12.4. The lowest BCUT2D eigenvalue weighted by Crippen LogP contribution is -2.30. The van der Waals surface area contributed by atoms with E-state index in [4.69, 9.17) is 0 Å². The Morgan fingerprint density at radius 3 is 2.84 bits per heavy atom. The first-order valence-corrected chi connectivity index (χ1v) is 6.98. The first kappa shape index (κ1) is 13.7. The fraction of sp³-hybridized carbons (Fsp3) is 0.438. The number of hydrogen-bond donors (Lipinski definition) is 1. The van der Waals surface area contributed by atoms with Gasteiger partial charge in [-0.05, 0) is 44.7 Å². The molecule has 3 heteroatoms. The molecule has 0 fully saturated rings. The molecule has 3 nitrogen and oxygen atoms in total. The number of amides is 1. The van der Waals surface area contributed by atoms with Crippen molar-refractivity contribution in [2.75, 3.05) is 11.4 Å². The quantitative estimate of drug-likeness (QED) is 0.839. The highest BCUT2D eigenvalue weighted by molar-refractivity contribution is 5.94. The fourth-order valence-electron chi connectivity index (χ4n) is 2.52. The molecule has 0 aliphatic heterocycles. The van der Waals surface area contributed by atoms with Crippen molar-refractivity contribution in [2.24, 2.45) is 0 Å². The van der Waals surface area contributed by atoms with Crippen LogP contribution in [-0.4, -0.2) is 17.6 Å². The second-order valence-electron chi connectivity index (χ2n) is 4.94. The Morgan fingerprint density at radius 2 is 2.21 bits per heavy atom. The van der Waals surface area contributed by atoms with Gasteiger partial charge < -0.3 is 10.0 Å². The molecule has 1 N–H and O–H groups in total. The summed E-state index contributed by atoms with van der Waals surface area (Å²) in [5, 5.41) is 9.51. The van der Waals surface area contributed by atoms with E-state index in [2.05, 4.69) is 6.08 Å². The molecule has 0 unspecified atom stereocenters. The molecule has 19 heavy (non-hydrogen) atoms. The smallest absolute Gasteiger partial charge is 0.231 e. The van der Waals surface area contributed by atoms with Crippen molar-refractivity contribution >= 4 is 11.6 Å². The van der Waals surface area contributed by atoms with E-state index in [1.54, 1.807) is 23.1 Å². The van der Waals surface area contributed by atoms with Gasteiger partial charge >= 0.3 is 0 Å². The molecule has 0 radical (unpaired) electrons. The Hall–Kier alpha value is -1.77. The van der Waals surface area contributed by atoms with E-state index in [0.29, 0.717) is 13.0 Å².